The second-order valence-electron chi connectivity index (χ2n) is 7.23. The fraction of sp³-hybridized carbons (Fsp3) is 0.480. The summed E-state index contributed by atoms with van der Waals surface area (Å²) in [4.78, 5) is 31.6. The maximum atomic E-state index is 12.3. The van der Waals surface area contributed by atoms with Gasteiger partial charge in [0.15, 0.2) is 5.78 Å². The quantitative estimate of drug-likeness (QED) is 0.181. The average molecular weight is 416 g/mol. The Morgan fingerprint density at radius 2 is 1.67 bits per heavy atom. The van der Waals surface area contributed by atoms with Crippen molar-refractivity contribution in [2.75, 3.05) is 0 Å². The molecule has 0 saturated heterocycles. The number of Topliss-reactive ketones (excluding diaryl/α,β-unsaturated/α-hetero) is 1. The summed E-state index contributed by atoms with van der Waals surface area (Å²) in [5, 5.41) is 10.4. The van der Waals surface area contributed by atoms with Gasteiger partial charge in [0.2, 0.25) is 5.91 Å². The van der Waals surface area contributed by atoms with Gasteiger partial charge in [0.05, 0.1) is 0 Å². The van der Waals surface area contributed by atoms with Gasteiger partial charge in [-0.15, -0.1) is 0 Å². The lowest BCUT2D eigenvalue weighted by Gasteiger charge is -2.12. The number of benzene rings is 2. The standard InChI is InChI=1S/C16H18O.C7H15NO2.C2H4O/c1-4-11(2)16(17)14-10-6-9-13-8-5-7-12(3)15(13)14;1-2-3-4-5-6-7(9)8-10;1-2-3/h5-11H,4H2,1-3H3;10H,2-6H2,1H3,(H,8,9);2H,1H3. The zero-order valence-corrected chi connectivity index (χ0v) is 19.0. The van der Waals surface area contributed by atoms with E-state index in [-0.39, 0.29) is 17.6 Å². The Labute approximate surface area is 180 Å². The summed E-state index contributed by atoms with van der Waals surface area (Å²) in [6.45, 7) is 9.68. The van der Waals surface area contributed by atoms with Gasteiger partial charge in [-0.2, -0.15) is 0 Å². The second kappa shape index (κ2) is 16.3. The zero-order valence-electron chi connectivity index (χ0n) is 19.0. The molecule has 1 amide bonds. The van der Waals surface area contributed by atoms with Gasteiger partial charge >= 0.3 is 0 Å². The van der Waals surface area contributed by atoms with E-state index in [1.165, 1.54) is 25.3 Å². The van der Waals surface area contributed by atoms with Crippen LogP contribution in [0.25, 0.3) is 10.8 Å². The van der Waals surface area contributed by atoms with Crippen molar-refractivity contribution in [1.82, 2.24) is 5.48 Å². The fourth-order valence-electron chi connectivity index (χ4n) is 2.95. The molecule has 0 saturated carbocycles. The van der Waals surface area contributed by atoms with E-state index in [0.29, 0.717) is 6.42 Å². The minimum Gasteiger partial charge on any atom is -0.304 e. The van der Waals surface area contributed by atoms with Crippen LogP contribution in [0.3, 0.4) is 0 Å². The van der Waals surface area contributed by atoms with E-state index in [0.717, 1.165) is 41.9 Å². The number of carbonyl (C=O) groups excluding carboxylic acids is 3. The molecule has 2 aromatic carbocycles. The Balaban J connectivity index is 0.000000554. The van der Waals surface area contributed by atoms with Crippen LogP contribution in [0.2, 0.25) is 0 Å². The van der Waals surface area contributed by atoms with Crippen molar-refractivity contribution in [3.8, 4) is 0 Å². The molecule has 2 aromatic rings. The molecule has 30 heavy (non-hydrogen) atoms. The first-order valence-electron chi connectivity index (χ1n) is 10.7. The predicted molar refractivity (Wildman–Crippen MR) is 123 cm³/mol. The summed E-state index contributed by atoms with van der Waals surface area (Å²) in [6, 6.07) is 12.2. The van der Waals surface area contributed by atoms with E-state index in [9.17, 15) is 9.59 Å². The van der Waals surface area contributed by atoms with Crippen LogP contribution >= 0.6 is 0 Å². The minimum atomic E-state index is -0.281. The number of rotatable bonds is 8. The normalized spacial score (nSPS) is 10.7. The van der Waals surface area contributed by atoms with Gasteiger partial charge in [-0.05, 0) is 43.0 Å². The minimum absolute atomic E-state index is 0.0974. The molecule has 166 valence electrons. The highest BCUT2D eigenvalue weighted by Gasteiger charge is 2.16. The largest absolute Gasteiger partial charge is 0.304 e. The highest BCUT2D eigenvalue weighted by molar-refractivity contribution is 6.10. The fourth-order valence-corrected chi connectivity index (χ4v) is 2.95. The van der Waals surface area contributed by atoms with Gasteiger partial charge in [-0.1, -0.05) is 76.4 Å². The van der Waals surface area contributed by atoms with Gasteiger partial charge < -0.3 is 4.79 Å². The third kappa shape index (κ3) is 9.79. The summed E-state index contributed by atoms with van der Waals surface area (Å²) in [5.74, 6) is 0.0729. The number of nitrogens with one attached hydrogen (secondary N) is 1. The molecule has 0 spiro atoms. The van der Waals surface area contributed by atoms with E-state index in [4.69, 9.17) is 10.0 Å². The summed E-state index contributed by atoms with van der Waals surface area (Å²) < 4.78 is 0. The molecule has 5 nitrogen and oxygen atoms in total. The number of hydroxylamine groups is 1. The number of ketones is 1. The topological polar surface area (TPSA) is 83.5 Å². The summed E-state index contributed by atoms with van der Waals surface area (Å²) in [5.41, 5.74) is 3.65. The molecule has 0 fully saturated rings. The number of hydrogen-bond acceptors (Lipinski definition) is 4. The summed E-state index contributed by atoms with van der Waals surface area (Å²) >= 11 is 0. The summed E-state index contributed by atoms with van der Waals surface area (Å²) in [6.07, 6.45) is 6.36. The van der Waals surface area contributed by atoms with Crippen molar-refractivity contribution in [2.45, 2.75) is 73.1 Å². The SMILES string of the molecule is CC=O.CCC(C)C(=O)c1cccc2cccc(C)c12.CCCCCCC(=O)NO. The lowest BCUT2D eigenvalue weighted by atomic mass is 9.91. The number of unbranched alkanes of at least 4 members (excludes halogenated alkanes) is 3. The Bertz CT molecular complexity index is 781. The maximum absolute atomic E-state index is 12.3. The van der Waals surface area contributed by atoms with Gasteiger partial charge in [-0.3, -0.25) is 14.8 Å². The van der Waals surface area contributed by atoms with E-state index < -0.39 is 0 Å². The Hall–Kier alpha value is -2.53. The molecule has 0 aliphatic rings. The Kier molecular flexibility index (Phi) is 14.9. The number of amides is 1. The van der Waals surface area contributed by atoms with Gasteiger partial charge in [0, 0.05) is 17.9 Å². The van der Waals surface area contributed by atoms with E-state index in [1.807, 2.05) is 25.1 Å². The maximum Gasteiger partial charge on any atom is 0.243 e. The van der Waals surface area contributed by atoms with Crippen LogP contribution in [-0.4, -0.2) is 23.2 Å². The zero-order chi connectivity index (χ0) is 22.9. The summed E-state index contributed by atoms with van der Waals surface area (Å²) in [7, 11) is 0. The first kappa shape index (κ1) is 27.5. The molecular weight excluding hydrogens is 378 g/mol. The molecular formula is C25H37NO4. The molecule has 0 bridgehead atoms. The van der Waals surface area contributed by atoms with Crippen LogP contribution in [0, 0.1) is 12.8 Å². The van der Waals surface area contributed by atoms with Gasteiger partial charge in [-0.25, -0.2) is 5.48 Å². The molecule has 1 unspecified atom stereocenters. The molecule has 2 rings (SSSR count). The van der Waals surface area contributed by atoms with Gasteiger partial charge in [0.25, 0.3) is 0 Å². The lowest BCUT2D eigenvalue weighted by molar-refractivity contribution is -0.129. The van der Waals surface area contributed by atoms with Crippen LogP contribution < -0.4 is 5.48 Å². The van der Waals surface area contributed by atoms with Crippen LogP contribution in [0.5, 0.6) is 0 Å². The van der Waals surface area contributed by atoms with E-state index in [2.05, 4.69) is 39.0 Å². The van der Waals surface area contributed by atoms with E-state index >= 15 is 0 Å². The van der Waals surface area contributed by atoms with Crippen molar-refractivity contribution < 1.29 is 19.6 Å². The van der Waals surface area contributed by atoms with Crippen molar-refractivity contribution in [3.63, 3.8) is 0 Å². The van der Waals surface area contributed by atoms with Crippen molar-refractivity contribution >= 4 is 28.7 Å². The van der Waals surface area contributed by atoms with Crippen molar-refractivity contribution in [1.29, 1.82) is 0 Å². The number of fused-ring (bicyclic) bond motifs is 1. The molecule has 1 atom stereocenters. The molecule has 2 N–H and O–H groups in total. The molecule has 0 heterocycles. The third-order valence-corrected chi connectivity index (χ3v) is 4.82. The number of carbonyl (C=O) groups is 3. The second-order valence-corrected chi connectivity index (χ2v) is 7.23. The smallest absolute Gasteiger partial charge is 0.243 e. The lowest BCUT2D eigenvalue weighted by Crippen LogP contribution is -2.17. The van der Waals surface area contributed by atoms with Crippen LogP contribution in [0.1, 0.15) is 82.1 Å². The first-order valence-corrected chi connectivity index (χ1v) is 10.7. The number of hydrogen-bond donors (Lipinski definition) is 2. The average Bonchev–Trinajstić information content (AvgIpc) is 2.76. The monoisotopic (exact) mass is 415 g/mol. The molecule has 0 radical (unpaired) electrons. The molecule has 0 aliphatic heterocycles. The predicted octanol–water partition coefficient (Wildman–Crippen LogP) is 6.04. The van der Waals surface area contributed by atoms with Crippen LogP contribution in [0.15, 0.2) is 36.4 Å². The highest BCUT2D eigenvalue weighted by Crippen LogP contribution is 2.25. The van der Waals surface area contributed by atoms with E-state index in [1.54, 1.807) is 5.48 Å². The van der Waals surface area contributed by atoms with Crippen molar-refractivity contribution in [3.05, 3.63) is 47.5 Å². The Morgan fingerprint density at radius 3 is 2.20 bits per heavy atom. The third-order valence-electron chi connectivity index (χ3n) is 4.82. The highest BCUT2D eigenvalue weighted by atomic mass is 16.5. The number of aldehydes is 1. The molecule has 5 heteroatoms. The van der Waals surface area contributed by atoms with Gasteiger partial charge in [0.1, 0.15) is 6.29 Å². The Morgan fingerprint density at radius 1 is 1.07 bits per heavy atom. The number of aryl methyl sites for hydroxylation is 1. The molecule has 0 aromatic heterocycles. The molecule has 0 aliphatic carbocycles. The first-order chi connectivity index (χ1) is 14.4. The van der Waals surface area contributed by atoms with Crippen LogP contribution in [-0.2, 0) is 9.59 Å². The van der Waals surface area contributed by atoms with Crippen molar-refractivity contribution in [2.24, 2.45) is 5.92 Å². The van der Waals surface area contributed by atoms with Crippen LogP contribution in [0.4, 0.5) is 0 Å².